The van der Waals surface area contributed by atoms with E-state index in [0.717, 1.165) is 11.5 Å². The van der Waals surface area contributed by atoms with Gasteiger partial charge in [0.1, 0.15) is 0 Å². The molecule has 0 unspecified atom stereocenters. The standard InChI is InChI=1S/C8H13N5O3S/c1-8(2,4-3-5(14)15)10-6(16)9-7-11-12-13-17-7/h3-4H2,1-2H3,(H,14,15)(H2,9,10,11,13,16). The van der Waals surface area contributed by atoms with E-state index in [1.54, 1.807) is 13.8 Å². The molecule has 0 saturated carbocycles. The molecule has 3 N–H and O–H groups in total. The van der Waals surface area contributed by atoms with E-state index < -0.39 is 17.5 Å². The van der Waals surface area contributed by atoms with Gasteiger partial charge in [0.05, 0.1) is 0 Å². The minimum Gasteiger partial charge on any atom is -0.481 e. The Morgan fingerprint density at radius 1 is 1.47 bits per heavy atom. The number of nitrogens with one attached hydrogen (secondary N) is 2. The number of aliphatic carboxylic acids is 1. The molecule has 0 aliphatic carbocycles. The van der Waals surface area contributed by atoms with Gasteiger partial charge >= 0.3 is 12.0 Å². The summed E-state index contributed by atoms with van der Waals surface area (Å²) in [6.45, 7) is 3.49. The molecule has 0 aromatic carbocycles. The number of carbonyl (C=O) groups excluding carboxylic acids is 1. The molecule has 0 bridgehead atoms. The van der Waals surface area contributed by atoms with E-state index in [-0.39, 0.29) is 11.6 Å². The van der Waals surface area contributed by atoms with Crippen molar-refractivity contribution >= 4 is 28.7 Å². The number of aromatic nitrogens is 3. The predicted octanol–water partition coefficient (Wildman–Crippen LogP) is 0.698. The normalized spacial score (nSPS) is 10.9. The van der Waals surface area contributed by atoms with Crippen molar-refractivity contribution in [2.75, 3.05) is 5.32 Å². The maximum atomic E-state index is 11.5. The van der Waals surface area contributed by atoms with Crippen LogP contribution in [0, 0.1) is 0 Å². The summed E-state index contributed by atoms with van der Waals surface area (Å²) in [4.78, 5) is 21.9. The van der Waals surface area contributed by atoms with Gasteiger partial charge in [0, 0.05) is 23.5 Å². The number of hydrogen-bond donors (Lipinski definition) is 3. The minimum absolute atomic E-state index is 0.00631. The Bertz CT molecular complexity index is 392. The number of carboxylic acid groups (broad SMARTS) is 1. The number of hydrogen-bond acceptors (Lipinski definition) is 6. The van der Waals surface area contributed by atoms with E-state index >= 15 is 0 Å². The first-order valence-electron chi connectivity index (χ1n) is 4.85. The molecule has 1 aromatic heterocycles. The van der Waals surface area contributed by atoms with Crippen LogP contribution in [0.4, 0.5) is 9.93 Å². The summed E-state index contributed by atoms with van der Waals surface area (Å²) < 4.78 is 3.49. The van der Waals surface area contributed by atoms with Crippen molar-refractivity contribution in [1.82, 2.24) is 20.1 Å². The lowest BCUT2D eigenvalue weighted by atomic mass is 9.99. The summed E-state index contributed by atoms with van der Waals surface area (Å²) in [6.07, 6.45) is 0.331. The Labute approximate surface area is 102 Å². The van der Waals surface area contributed by atoms with Crippen LogP contribution in [0.1, 0.15) is 26.7 Å². The van der Waals surface area contributed by atoms with Gasteiger partial charge in [-0.05, 0) is 25.5 Å². The first-order valence-corrected chi connectivity index (χ1v) is 5.62. The van der Waals surface area contributed by atoms with Crippen LogP contribution in [-0.2, 0) is 4.79 Å². The first-order chi connectivity index (χ1) is 7.89. The van der Waals surface area contributed by atoms with E-state index in [1.807, 2.05) is 0 Å². The van der Waals surface area contributed by atoms with Crippen molar-refractivity contribution in [2.24, 2.45) is 0 Å². The van der Waals surface area contributed by atoms with Crippen molar-refractivity contribution in [1.29, 1.82) is 0 Å². The number of urea groups is 1. The fraction of sp³-hybridized carbons (Fsp3) is 0.625. The summed E-state index contributed by atoms with van der Waals surface area (Å²) >= 11 is 0.957. The molecule has 0 atom stereocenters. The van der Waals surface area contributed by atoms with Crippen molar-refractivity contribution in [2.45, 2.75) is 32.2 Å². The van der Waals surface area contributed by atoms with Crippen LogP contribution in [0.3, 0.4) is 0 Å². The van der Waals surface area contributed by atoms with Crippen LogP contribution in [0.2, 0.25) is 0 Å². The summed E-state index contributed by atoms with van der Waals surface area (Å²) in [5.74, 6) is -0.895. The molecule has 0 aliphatic heterocycles. The molecule has 0 spiro atoms. The Morgan fingerprint density at radius 2 is 2.18 bits per heavy atom. The van der Waals surface area contributed by atoms with Crippen LogP contribution in [0.5, 0.6) is 0 Å². The van der Waals surface area contributed by atoms with Crippen molar-refractivity contribution in [3.8, 4) is 0 Å². The van der Waals surface area contributed by atoms with E-state index in [9.17, 15) is 9.59 Å². The quantitative estimate of drug-likeness (QED) is 0.716. The third-order valence-corrected chi connectivity index (χ3v) is 2.45. The summed E-state index contributed by atoms with van der Waals surface area (Å²) in [6, 6.07) is -0.459. The van der Waals surface area contributed by atoms with Gasteiger partial charge in [-0.1, -0.05) is 9.59 Å². The third-order valence-electron chi connectivity index (χ3n) is 1.94. The topological polar surface area (TPSA) is 117 Å². The molecule has 1 heterocycles. The Morgan fingerprint density at radius 3 is 2.71 bits per heavy atom. The average molecular weight is 259 g/mol. The van der Waals surface area contributed by atoms with Gasteiger partial charge in [-0.3, -0.25) is 10.1 Å². The molecular weight excluding hydrogens is 246 g/mol. The molecule has 2 amide bonds. The molecule has 9 heteroatoms. The van der Waals surface area contributed by atoms with Crippen LogP contribution in [-0.4, -0.2) is 37.4 Å². The number of carboxylic acids is 1. The molecule has 1 rings (SSSR count). The third kappa shape index (κ3) is 5.20. The predicted molar refractivity (Wildman–Crippen MR) is 60.8 cm³/mol. The van der Waals surface area contributed by atoms with Gasteiger partial charge in [-0.25, -0.2) is 4.79 Å². The minimum atomic E-state index is -0.895. The van der Waals surface area contributed by atoms with Crippen LogP contribution in [0.25, 0.3) is 0 Å². The molecule has 0 fully saturated rings. The second-order valence-corrected chi connectivity index (χ2v) is 4.76. The number of anilines is 1. The van der Waals surface area contributed by atoms with Crippen molar-refractivity contribution in [3.05, 3.63) is 0 Å². The molecule has 0 aliphatic rings. The first kappa shape index (κ1) is 13.3. The largest absolute Gasteiger partial charge is 0.481 e. The van der Waals surface area contributed by atoms with E-state index in [2.05, 4.69) is 25.4 Å². The lowest BCUT2D eigenvalue weighted by Crippen LogP contribution is -2.45. The van der Waals surface area contributed by atoms with Crippen molar-refractivity contribution < 1.29 is 14.7 Å². The molecular formula is C8H13N5O3S. The molecule has 94 valence electrons. The van der Waals surface area contributed by atoms with Gasteiger partial charge in [-0.2, -0.15) is 0 Å². The summed E-state index contributed by atoms with van der Waals surface area (Å²) in [7, 11) is 0. The molecule has 1 aromatic rings. The fourth-order valence-electron chi connectivity index (χ4n) is 1.10. The SMILES string of the molecule is CC(C)(CCC(=O)O)NC(=O)Nc1nnns1. The summed E-state index contributed by atoms with van der Waals surface area (Å²) in [5, 5.41) is 20.8. The molecule has 0 radical (unpaired) electrons. The van der Waals surface area contributed by atoms with Gasteiger partial charge < -0.3 is 10.4 Å². The maximum Gasteiger partial charge on any atom is 0.321 e. The number of amides is 2. The lowest BCUT2D eigenvalue weighted by molar-refractivity contribution is -0.137. The monoisotopic (exact) mass is 259 g/mol. The zero-order valence-corrected chi connectivity index (χ0v) is 10.2. The number of nitrogens with zero attached hydrogens (tertiary/aromatic N) is 3. The van der Waals surface area contributed by atoms with Crippen LogP contribution < -0.4 is 10.6 Å². The second-order valence-electron chi connectivity index (χ2n) is 4.02. The molecule has 0 saturated heterocycles. The zero-order valence-electron chi connectivity index (χ0n) is 9.43. The fourth-order valence-corrected chi connectivity index (χ4v) is 1.46. The lowest BCUT2D eigenvalue weighted by Gasteiger charge is -2.25. The Kier molecular flexibility index (Phi) is 4.32. The highest BCUT2D eigenvalue weighted by molar-refractivity contribution is 7.09. The zero-order chi connectivity index (χ0) is 12.9. The highest BCUT2D eigenvalue weighted by Crippen LogP contribution is 2.12. The number of carbonyl (C=O) groups is 2. The van der Waals surface area contributed by atoms with Gasteiger partial charge in [0.2, 0.25) is 5.13 Å². The Balaban J connectivity index is 2.41. The van der Waals surface area contributed by atoms with Gasteiger partial charge in [-0.15, -0.1) is 0 Å². The van der Waals surface area contributed by atoms with Crippen LogP contribution in [0.15, 0.2) is 0 Å². The summed E-state index contributed by atoms with van der Waals surface area (Å²) in [5.41, 5.74) is -0.611. The Hall–Kier alpha value is -1.77. The average Bonchev–Trinajstić information content (AvgIpc) is 2.66. The number of rotatable bonds is 5. The molecule has 8 nitrogen and oxygen atoms in total. The van der Waals surface area contributed by atoms with E-state index in [1.165, 1.54) is 0 Å². The maximum absolute atomic E-state index is 11.5. The smallest absolute Gasteiger partial charge is 0.321 e. The highest BCUT2D eigenvalue weighted by Gasteiger charge is 2.21. The molecule has 17 heavy (non-hydrogen) atoms. The highest BCUT2D eigenvalue weighted by atomic mass is 32.1. The van der Waals surface area contributed by atoms with Crippen LogP contribution >= 0.6 is 11.5 Å². The van der Waals surface area contributed by atoms with Crippen molar-refractivity contribution in [3.63, 3.8) is 0 Å². The van der Waals surface area contributed by atoms with Gasteiger partial charge in [0.15, 0.2) is 0 Å². The second kappa shape index (κ2) is 5.53. The van der Waals surface area contributed by atoms with E-state index in [0.29, 0.717) is 6.42 Å². The van der Waals surface area contributed by atoms with Gasteiger partial charge in [0.25, 0.3) is 0 Å². The van der Waals surface area contributed by atoms with E-state index in [4.69, 9.17) is 5.11 Å².